The summed E-state index contributed by atoms with van der Waals surface area (Å²) in [5, 5.41) is 10.0. The number of alkyl halides is 1. The molecular formula is C7H10ClO2-. The zero-order valence-electron chi connectivity index (χ0n) is 5.73. The van der Waals surface area contributed by atoms with Gasteiger partial charge in [-0.25, -0.2) is 0 Å². The van der Waals surface area contributed by atoms with Gasteiger partial charge >= 0.3 is 0 Å². The third-order valence-corrected chi connectivity index (χ3v) is 1.42. The van der Waals surface area contributed by atoms with Gasteiger partial charge in [-0.3, -0.25) is 0 Å². The van der Waals surface area contributed by atoms with E-state index < -0.39 is 5.97 Å². The van der Waals surface area contributed by atoms with E-state index in [-0.39, 0.29) is 5.57 Å². The molecule has 0 aliphatic heterocycles. The fourth-order valence-electron chi connectivity index (χ4n) is 0.535. The molecular weight excluding hydrogens is 152 g/mol. The zero-order valence-corrected chi connectivity index (χ0v) is 6.49. The van der Waals surface area contributed by atoms with Gasteiger partial charge < -0.3 is 9.90 Å². The van der Waals surface area contributed by atoms with Gasteiger partial charge in [-0.1, -0.05) is 6.58 Å². The Morgan fingerprint density at radius 1 is 1.50 bits per heavy atom. The van der Waals surface area contributed by atoms with Crippen molar-refractivity contribution in [2.75, 3.05) is 5.88 Å². The highest BCUT2D eigenvalue weighted by Gasteiger charge is 1.93. The Balaban J connectivity index is 3.31. The molecule has 0 amide bonds. The number of hydrogen-bond donors (Lipinski definition) is 0. The Bertz CT molecular complexity index is 132. The predicted octanol–water partition coefficient (Wildman–Crippen LogP) is 0.702. The van der Waals surface area contributed by atoms with Crippen LogP contribution in [0.3, 0.4) is 0 Å². The van der Waals surface area contributed by atoms with Crippen molar-refractivity contribution in [2.45, 2.75) is 19.3 Å². The molecule has 0 spiro atoms. The van der Waals surface area contributed by atoms with E-state index in [1.54, 1.807) is 0 Å². The van der Waals surface area contributed by atoms with Crippen LogP contribution in [0.2, 0.25) is 0 Å². The van der Waals surface area contributed by atoms with Crippen molar-refractivity contribution < 1.29 is 9.90 Å². The molecule has 0 unspecified atom stereocenters. The number of aliphatic carboxylic acids is 1. The number of carboxylic acids is 1. The largest absolute Gasteiger partial charge is 0.545 e. The van der Waals surface area contributed by atoms with E-state index in [1.165, 1.54) is 0 Å². The summed E-state index contributed by atoms with van der Waals surface area (Å²) in [6, 6.07) is 0. The lowest BCUT2D eigenvalue weighted by Gasteiger charge is -2.03. The second-order valence-corrected chi connectivity index (χ2v) is 2.42. The molecule has 0 aliphatic rings. The number of halogens is 1. The summed E-state index contributed by atoms with van der Waals surface area (Å²) in [7, 11) is 0. The summed E-state index contributed by atoms with van der Waals surface area (Å²) in [6.07, 6.45) is 2.08. The number of carbonyl (C=O) groups excluding carboxylic acids is 1. The minimum atomic E-state index is -1.16. The molecule has 0 heterocycles. The Morgan fingerprint density at radius 2 is 2.10 bits per heavy atom. The van der Waals surface area contributed by atoms with E-state index in [4.69, 9.17) is 11.6 Å². The highest BCUT2D eigenvalue weighted by atomic mass is 35.5. The first kappa shape index (κ1) is 9.50. The Morgan fingerprint density at radius 3 is 2.50 bits per heavy atom. The van der Waals surface area contributed by atoms with Gasteiger partial charge in [0.2, 0.25) is 0 Å². The van der Waals surface area contributed by atoms with Crippen molar-refractivity contribution in [3.05, 3.63) is 12.2 Å². The molecule has 0 aromatic heterocycles. The minimum absolute atomic E-state index is 0.158. The van der Waals surface area contributed by atoms with Crippen LogP contribution in [0.4, 0.5) is 0 Å². The third-order valence-electron chi connectivity index (χ3n) is 1.15. The van der Waals surface area contributed by atoms with Crippen LogP contribution in [0, 0.1) is 0 Å². The molecule has 0 aromatic carbocycles. The molecule has 0 atom stereocenters. The SMILES string of the molecule is C=C(CCCCCl)C(=O)[O-]. The Hall–Kier alpha value is -0.500. The van der Waals surface area contributed by atoms with Gasteiger partial charge in [0.15, 0.2) is 0 Å². The normalized spacial score (nSPS) is 9.30. The van der Waals surface area contributed by atoms with Crippen molar-refractivity contribution in [2.24, 2.45) is 0 Å². The minimum Gasteiger partial charge on any atom is -0.545 e. The lowest BCUT2D eigenvalue weighted by Crippen LogP contribution is -2.23. The fourth-order valence-corrected chi connectivity index (χ4v) is 0.724. The first-order valence-electron chi connectivity index (χ1n) is 3.13. The molecule has 3 heteroatoms. The van der Waals surface area contributed by atoms with Crippen LogP contribution in [-0.4, -0.2) is 11.8 Å². The molecule has 10 heavy (non-hydrogen) atoms. The smallest absolute Gasteiger partial charge is 0.0668 e. The molecule has 0 saturated carbocycles. The molecule has 2 nitrogen and oxygen atoms in total. The second kappa shape index (κ2) is 5.30. The standard InChI is InChI=1S/C7H11ClO2/c1-6(7(9)10)4-2-3-5-8/h1-5H2,(H,9,10)/p-1. The molecule has 0 aliphatic carbocycles. The van der Waals surface area contributed by atoms with Gasteiger partial charge in [-0.15, -0.1) is 11.6 Å². The number of carbonyl (C=O) groups is 1. The van der Waals surface area contributed by atoms with Gasteiger partial charge in [-0.2, -0.15) is 0 Å². The maximum atomic E-state index is 10.0. The molecule has 0 bridgehead atoms. The lowest BCUT2D eigenvalue weighted by atomic mass is 10.1. The average Bonchev–Trinajstić information content (AvgIpc) is 1.88. The second-order valence-electron chi connectivity index (χ2n) is 2.04. The van der Waals surface area contributed by atoms with E-state index in [1.807, 2.05) is 0 Å². The number of unbranched alkanes of at least 4 members (excludes halogenated alkanes) is 1. The van der Waals surface area contributed by atoms with Gasteiger partial charge in [0.1, 0.15) is 0 Å². The fraction of sp³-hybridized carbons (Fsp3) is 0.571. The summed E-state index contributed by atoms with van der Waals surface area (Å²) in [5.41, 5.74) is 0.158. The summed E-state index contributed by atoms with van der Waals surface area (Å²) in [5.74, 6) is -0.588. The molecule has 0 rings (SSSR count). The summed E-state index contributed by atoms with van der Waals surface area (Å²) >= 11 is 5.37. The Kier molecular flexibility index (Phi) is 5.03. The lowest BCUT2D eigenvalue weighted by molar-refractivity contribution is -0.299. The first-order chi connectivity index (χ1) is 4.68. The average molecular weight is 162 g/mol. The van der Waals surface area contributed by atoms with Crippen LogP contribution in [0.15, 0.2) is 12.2 Å². The van der Waals surface area contributed by atoms with Crippen LogP contribution in [0.25, 0.3) is 0 Å². The van der Waals surface area contributed by atoms with Crippen LogP contribution in [-0.2, 0) is 4.79 Å². The van der Waals surface area contributed by atoms with E-state index in [9.17, 15) is 9.90 Å². The van der Waals surface area contributed by atoms with E-state index in [2.05, 4.69) is 6.58 Å². The molecule has 0 saturated heterocycles. The number of hydrogen-bond acceptors (Lipinski definition) is 2. The highest BCUT2D eigenvalue weighted by molar-refractivity contribution is 6.17. The molecule has 0 aromatic rings. The van der Waals surface area contributed by atoms with Crippen LogP contribution >= 0.6 is 11.6 Å². The van der Waals surface area contributed by atoms with Gasteiger partial charge in [0.25, 0.3) is 0 Å². The van der Waals surface area contributed by atoms with E-state index >= 15 is 0 Å². The molecule has 0 radical (unpaired) electrons. The van der Waals surface area contributed by atoms with Gasteiger partial charge in [-0.05, 0) is 24.8 Å². The topological polar surface area (TPSA) is 40.1 Å². The number of rotatable bonds is 5. The third kappa shape index (κ3) is 4.39. The first-order valence-corrected chi connectivity index (χ1v) is 3.67. The van der Waals surface area contributed by atoms with E-state index in [0.717, 1.165) is 12.8 Å². The quantitative estimate of drug-likeness (QED) is 0.338. The van der Waals surface area contributed by atoms with Crippen LogP contribution in [0.5, 0.6) is 0 Å². The monoisotopic (exact) mass is 161 g/mol. The van der Waals surface area contributed by atoms with Crippen LogP contribution in [0.1, 0.15) is 19.3 Å². The Labute approximate surface area is 65.5 Å². The molecule has 58 valence electrons. The highest BCUT2D eigenvalue weighted by Crippen LogP contribution is 2.04. The summed E-state index contributed by atoms with van der Waals surface area (Å²) in [6.45, 7) is 3.32. The van der Waals surface area contributed by atoms with Crippen LogP contribution < -0.4 is 5.11 Å². The van der Waals surface area contributed by atoms with Crippen molar-refractivity contribution in [3.63, 3.8) is 0 Å². The van der Waals surface area contributed by atoms with Crippen molar-refractivity contribution in [1.82, 2.24) is 0 Å². The van der Waals surface area contributed by atoms with Gasteiger partial charge in [0, 0.05) is 5.88 Å². The van der Waals surface area contributed by atoms with Crippen molar-refractivity contribution in [3.8, 4) is 0 Å². The number of carboxylic acid groups (broad SMARTS) is 1. The maximum Gasteiger partial charge on any atom is 0.0668 e. The summed E-state index contributed by atoms with van der Waals surface area (Å²) < 4.78 is 0. The predicted molar refractivity (Wildman–Crippen MR) is 38.7 cm³/mol. The summed E-state index contributed by atoms with van der Waals surface area (Å²) in [4.78, 5) is 10.0. The zero-order chi connectivity index (χ0) is 7.98. The van der Waals surface area contributed by atoms with E-state index in [0.29, 0.717) is 12.3 Å². The maximum absolute atomic E-state index is 10.0. The van der Waals surface area contributed by atoms with Gasteiger partial charge in [0.05, 0.1) is 5.97 Å². The molecule has 0 N–H and O–H groups in total. The van der Waals surface area contributed by atoms with Crippen molar-refractivity contribution >= 4 is 17.6 Å². The molecule has 0 fully saturated rings. The van der Waals surface area contributed by atoms with Crippen molar-refractivity contribution in [1.29, 1.82) is 0 Å².